The fourth-order valence-electron chi connectivity index (χ4n) is 4.88. The van der Waals surface area contributed by atoms with Crippen molar-refractivity contribution in [2.75, 3.05) is 13.2 Å². The number of thioether (sulfide) groups is 1. The Morgan fingerprint density at radius 2 is 1.31 bits per heavy atom. The third kappa shape index (κ3) is 6.00. The molecule has 206 valence electrons. The number of amides is 1. The molecule has 1 amide bonds. The second kappa shape index (κ2) is 11.7. The van der Waals surface area contributed by atoms with Crippen molar-refractivity contribution in [3.63, 3.8) is 0 Å². The van der Waals surface area contributed by atoms with Crippen LogP contribution in [-0.4, -0.2) is 48.7 Å². The average Bonchev–Trinajstić information content (AvgIpc) is 2.92. The molecule has 1 saturated heterocycles. The Morgan fingerprint density at radius 1 is 0.872 bits per heavy atom. The van der Waals surface area contributed by atoms with E-state index in [4.69, 9.17) is 4.43 Å². The van der Waals surface area contributed by atoms with Crippen LogP contribution in [0.25, 0.3) is 0 Å². The summed E-state index contributed by atoms with van der Waals surface area (Å²) in [6.07, 6.45) is 0.563. The summed E-state index contributed by atoms with van der Waals surface area (Å²) in [5, 5.41) is 9.42. The Morgan fingerprint density at radius 3 is 1.69 bits per heavy atom. The number of hydrogen-bond acceptors (Lipinski definition) is 4. The Balaban J connectivity index is 1.76. The Bertz CT molecular complexity index is 1160. The van der Waals surface area contributed by atoms with Gasteiger partial charge in [-0.15, -0.1) is 11.8 Å². The van der Waals surface area contributed by atoms with Gasteiger partial charge in [0.2, 0.25) is 5.91 Å². The zero-order chi connectivity index (χ0) is 28.3. The van der Waals surface area contributed by atoms with Crippen molar-refractivity contribution in [1.29, 1.82) is 0 Å². The summed E-state index contributed by atoms with van der Waals surface area (Å²) in [7, 11) is -1.98. The summed E-state index contributed by atoms with van der Waals surface area (Å²) in [5.74, 6) is -1.44. The van der Waals surface area contributed by atoms with Crippen LogP contribution in [-0.2, 0) is 18.8 Å². The second-order valence-electron chi connectivity index (χ2n) is 11.7. The topological polar surface area (TPSA) is 66.8 Å². The molecule has 3 aromatic rings. The van der Waals surface area contributed by atoms with E-state index in [1.54, 1.807) is 11.8 Å². The molecule has 39 heavy (non-hydrogen) atoms. The molecule has 0 bridgehead atoms. The smallest absolute Gasteiger partial charge is 0.323 e. The van der Waals surface area contributed by atoms with E-state index in [0.717, 1.165) is 16.7 Å². The third-order valence-corrected chi connectivity index (χ3v) is 14.5. The maximum Gasteiger partial charge on any atom is 0.323 e. The fraction of sp³-hybridized carbons (Fsp3) is 0.375. The van der Waals surface area contributed by atoms with Gasteiger partial charge in [-0.25, -0.2) is 0 Å². The van der Waals surface area contributed by atoms with E-state index in [0.29, 0.717) is 13.0 Å². The SMILES string of the molecule is CC(C)(C)[Si](C)(C)OCC[C@H]1C(=O)N(CC(=O)O)[C@@H]1SC(c1ccccc1)(c1ccccc1)c1ccccc1. The molecule has 1 N–H and O–H groups in total. The van der Waals surface area contributed by atoms with Gasteiger partial charge in [-0.1, -0.05) is 112 Å². The molecule has 1 fully saturated rings. The number of benzene rings is 3. The minimum Gasteiger partial charge on any atom is -0.480 e. The molecule has 0 spiro atoms. The van der Waals surface area contributed by atoms with E-state index in [1.165, 1.54) is 4.90 Å². The maximum absolute atomic E-state index is 13.4. The molecule has 3 aromatic carbocycles. The number of nitrogens with zero attached hydrogens (tertiary/aromatic N) is 1. The first-order chi connectivity index (χ1) is 18.5. The van der Waals surface area contributed by atoms with Crippen molar-refractivity contribution < 1.29 is 19.1 Å². The van der Waals surface area contributed by atoms with Gasteiger partial charge in [0.15, 0.2) is 8.32 Å². The van der Waals surface area contributed by atoms with E-state index in [-0.39, 0.29) is 28.8 Å². The van der Waals surface area contributed by atoms with Gasteiger partial charge in [-0.3, -0.25) is 9.59 Å². The van der Waals surface area contributed by atoms with Crippen LogP contribution >= 0.6 is 11.8 Å². The van der Waals surface area contributed by atoms with Crippen molar-refractivity contribution in [3.05, 3.63) is 108 Å². The molecule has 1 aliphatic heterocycles. The summed E-state index contributed by atoms with van der Waals surface area (Å²) >= 11 is 1.66. The number of hydrogen-bond donors (Lipinski definition) is 1. The van der Waals surface area contributed by atoms with Crippen LogP contribution in [0.2, 0.25) is 18.1 Å². The lowest BCUT2D eigenvalue weighted by Gasteiger charge is -2.50. The molecule has 0 aromatic heterocycles. The van der Waals surface area contributed by atoms with Crippen molar-refractivity contribution in [2.24, 2.45) is 5.92 Å². The first-order valence-electron chi connectivity index (χ1n) is 13.5. The van der Waals surface area contributed by atoms with E-state index in [2.05, 4.69) is 70.3 Å². The van der Waals surface area contributed by atoms with Gasteiger partial charge in [-0.05, 0) is 41.2 Å². The number of likely N-dealkylation sites (tertiary alicyclic amines) is 1. The molecule has 5 nitrogen and oxygen atoms in total. The largest absolute Gasteiger partial charge is 0.480 e. The Hall–Kier alpha value is -2.87. The van der Waals surface area contributed by atoms with Gasteiger partial charge in [-0.2, -0.15) is 0 Å². The summed E-state index contributed by atoms with van der Waals surface area (Å²) in [6.45, 7) is 11.2. The zero-order valence-electron chi connectivity index (χ0n) is 23.5. The minimum absolute atomic E-state index is 0.0726. The monoisotopic (exact) mass is 561 g/mol. The molecular formula is C32H39NO4SSi. The summed E-state index contributed by atoms with van der Waals surface area (Å²) in [6, 6.07) is 30.9. The zero-order valence-corrected chi connectivity index (χ0v) is 25.3. The molecule has 0 unspecified atom stereocenters. The van der Waals surface area contributed by atoms with Gasteiger partial charge in [0.1, 0.15) is 6.54 Å². The molecule has 2 atom stereocenters. The molecule has 1 heterocycles. The number of aliphatic carboxylic acids is 1. The van der Waals surface area contributed by atoms with Crippen LogP contribution in [0.5, 0.6) is 0 Å². The predicted molar refractivity (Wildman–Crippen MR) is 161 cm³/mol. The number of β-lactam (4-membered cyclic amide) rings is 1. The minimum atomic E-state index is -1.98. The van der Waals surface area contributed by atoms with E-state index >= 15 is 0 Å². The molecule has 0 saturated carbocycles. The van der Waals surface area contributed by atoms with Crippen LogP contribution in [0.3, 0.4) is 0 Å². The van der Waals surface area contributed by atoms with Crippen molar-refractivity contribution in [2.45, 2.75) is 55.4 Å². The van der Waals surface area contributed by atoms with Crippen LogP contribution in [0, 0.1) is 5.92 Å². The second-order valence-corrected chi connectivity index (χ2v) is 17.8. The van der Waals surface area contributed by atoms with Crippen LogP contribution in [0.1, 0.15) is 43.9 Å². The lowest BCUT2D eigenvalue weighted by atomic mass is 9.84. The van der Waals surface area contributed by atoms with Crippen molar-refractivity contribution in [3.8, 4) is 0 Å². The Labute approximate surface area is 237 Å². The van der Waals surface area contributed by atoms with Gasteiger partial charge in [0.25, 0.3) is 0 Å². The summed E-state index contributed by atoms with van der Waals surface area (Å²) in [5.41, 5.74) is 3.25. The molecule has 4 rings (SSSR count). The Kier molecular flexibility index (Phi) is 8.74. The van der Waals surface area contributed by atoms with Crippen molar-refractivity contribution in [1.82, 2.24) is 4.90 Å². The summed E-state index contributed by atoms with van der Waals surface area (Å²) in [4.78, 5) is 26.7. The molecule has 7 heteroatoms. The molecule has 1 aliphatic rings. The predicted octanol–water partition coefficient (Wildman–Crippen LogP) is 6.99. The lowest BCUT2D eigenvalue weighted by Crippen LogP contribution is -2.62. The quantitative estimate of drug-likeness (QED) is 0.155. The number of carbonyl (C=O) groups is 2. The summed E-state index contributed by atoms with van der Waals surface area (Å²) < 4.78 is 5.79. The highest BCUT2D eigenvalue weighted by Gasteiger charge is 2.53. The molecular weight excluding hydrogens is 523 g/mol. The van der Waals surface area contributed by atoms with Crippen LogP contribution < -0.4 is 0 Å². The van der Waals surface area contributed by atoms with Gasteiger partial charge >= 0.3 is 5.97 Å². The highest BCUT2D eigenvalue weighted by atomic mass is 32.2. The van der Waals surface area contributed by atoms with Gasteiger partial charge < -0.3 is 14.4 Å². The number of rotatable bonds is 11. The van der Waals surface area contributed by atoms with E-state index in [1.807, 2.05) is 54.6 Å². The van der Waals surface area contributed by atoms with E-state index in [9.17, 15) is 14.7 Å². The van der Waals surface area contributed by atoms with Crippen LogP contribution in [0.15, 0.2) is 91.0 Å². The van der Waals surface area contributed by atoms with E-state index < -0.39 is 19.0 Å². The molecule has 0 aliphatic carbocycles. The highest BCUT2D eigenvalue weighted by Crippen LogP contribution is 2.54. The fourth-order valence-corrected chi connectivity index (χ4v) is 7.84. The number of carbonyl (C=O) groups excluding carboxylic acids is 1. The van der Waals surface area contributed by atoms with Crippen LogP contribution in [0.4, 0.5) is 0 Å². The lowest BCUT2D eigenvalue weighted by molar-refractivity contribution is -0.158. The maximum atomic E-state index is 13.4. The van der Waals surface area contributed by atoms with Crippen molar-refractivity contribution >= 4 is 32.0 Å². The standard InChI is InChI=1S/C32H39NO4SSi/c1-31(2,3)39(4,5)37-22-21-27-29(36)33(23-28(34)35)30(27)38-32(24-15-9-6-10-16-24,25-17-11-7-12-18-25)26-19-13-8-14-20-26/h6-20,27,30H,21-23H2,1-5H3,(H,34,35)/t27-,30+/m0/s1. The average molecular weight is 562 g/mol. The normalized spacial score (nSPS) is 18.1. The third-order valence-electron chi connectivity index (χ3n) is 8.09. The highest BCUT2D eigenvalue weighted by molar-refractivity contribution is 8.01. The van der Waals surface area contributed by atoms with Gasteiger partial charge in [0.05, 0.1) is 16.0 Å². The number of carboxylic acids is 1. The first-order valence-corrected chi connectivity index (χ1v) is 17.3. The molecule has 0 radical (unpaired) electrons. The van der Waals surface area contributed by atoms with Gasteiger partial charge in [0, 0.05) is 6.61 Å². The number of carboxylic acid groups (broad SMARTS) is 1. The first kappa shape index (κ1) is 29.1.